The summed E-state index contributed by atoms with van der Waals surface area (Å²) in [7, 11) is 1.85. The molecular weight excluding hydrogens is 196 g/mol. The molecule has 1 atom stereocenters. The van der Waals surface area contributed by atoms with Crippen molar-refractivity contribution in [3.63, 3.8) is 0 Å². The number of ether oxygens (including phenoxy) is 1. The van der Waals surface area contributed by atoms with Crippen LogP contribution >= 0.6 is 0 Å². The standard InChI is InChI=1S/C10H20N2O3/c1-4-15-9(13)5-6-12(3)7-8(2)10(11)14/h8H,4-7H2,1-3H3,(H2,11,14). The van der Waals surface area contributed by atoms with Crippen LogP contribution in [0.25, 0.3) is 0 Å². The van der Waals surface area contributed by atoms with Gasteiger partial charge in [-0.15, -0.1) is 0 Å². The van der Waals surface area contributed by atoms with E-state index in [4.69, 9.17) is 10.5 Å². The lowest BCUT2D eigenvalue weighted by Crippen LogP contribution is -2.33. The average molecular weight is 216 g/mol. The molecule has 0 bridgehead atoms. The fourth-order valence-electron chi connectivity index (χ4n) is 1.16. The van der Waals surface area contributed by atoms with E-state index in [0.717, 1.165) is 0 Å². The zero-order valence-corrected chi connectivity index (χ0v) is 9.66. The van der Waals surface area contributed by atoms with E-state index in [0.29, 0.717) is 26.1 Å². The number of primary amides is 1. The van der Waals surface area contributed by atoms with E-state index in [9.17, 15) is 9.59 Å². The highest BCUT2D eigenvalue weighted by atomic mass is 16.5. The number of amides is 1. The van der Waals surface area contributed by atoms with Crippen molar-refractivity contribution in [3.05, 3.63) is 0 Å². The smallest absolute Gasteiger partial charge is 0.307 e. The minimum Gasteiger partial charge on any atom is -0.466 e. The summed E-state index contributed by atoms with van der Waals surface area (Å²) >= 11 is 0. The highest BCUT2D eigenvalue weighted by Gasteiger charge is 2.12. The third kappa shape index (κ3) is 6.90. The van der Waals surface area contributed by atoms with Crippen LogP contribution in [-0.4, -0.2) is 43.5 Å². The minimum atomic E-state index is -0.321. The first-order chi connectivity index (χ1) is 6.97. The van der Waals surface area contributed by atoms with Gasteiger partial charge in [0.2, 0.25) is 5.91 Å². The third-order valence-corrected chi connectivity index (χ3v) is 2.07. The van der Waals surface area contributed by atoms with Gasteiger partial charge in [-0.3, -0.25) is 9.59 Å². The monoisotopic (exact) mass is 216 g/mol. The van der Waals surface area contributed by atoms with E-state index in [1.165, 1.54) is 0 Å². The lowest BCUT2D eigenvalue weighted by molar-refractivity contribution is -0.143. The minimum absolute atomic E-state index is 0.197. The van der Waals surface area contributed by atoms with Crippen LogP contribution in [0.4, 0.5) is 0 Å². The van der Waals surface area contributed by atoms with Crippen LogP contribution in [-0.2, 0) is 14.3 Å². The van der Waals surface area contributed by atoms with Crippen molar-refractivity contribution in [2.45, 2.75) is 20.3 Å². The van der Waals surface area contributed by atoms with Gasteiger partial charge < -0.3 is 15.4 Å². The molecule has 0 saturated heterocycles. The Hall–Kier alpha value is -1.10. The molecule has 0 aliphatic heterocycles. The first kappa shape index (κ1) is 13.9. The number of nitrogens with zero attached hydrogens (tertiary/aromatic N) is 1. The summed E-state index contributed by atoms with van der Waals surface area (Å²) in [6.45, 7) is 5.09. The Morgan fingerprint density at radius 3 is 2.53 bits per heavy atom. The molecule has 1 amide bonds. The average Bonchev–Trinajstić information content (AvgIpc) is 2.15. The topological polar surface area (TPSA) is 72.6 Å². The van der Waals surface area contributed by atoms with E-state index in [1.54, 1.807) is 13.8 Å². The maximum atomic E-state index is 11.0. The van der Waals surface area contributed by atoms with E-state index >= 15 is 0 Å². The van der Waals surface area contributed by atoms with Crippen LogP contribution in [0.5, 0.6) is 0 Å². The second-order valence-corrected chi connectivity index (χ2v) is 3.62. The molecule has 5 heteroatoms. The zero-order valence-electron chi connectivity index (χ0n) is 9.66. The Kier molecular flexibility index (Phi) is 6.70. The number of nitrogens with two attached hydrogens (primary N) is 1. The van der Waals surface area contributed by atoms with Gasteiger partial charge >= 0.3 is 5.97 Å². The van der Waals surface area contributed by atoms with Gasteiger partial charge in [0.1, 0.15) is 0 Å². The Morgan fingerprint density at radius 2 is 2.07 bits per heavy atom. The molecule has 0 aliphatic rings. The highest BCUT2D eigenvalue weighted by Crippen LogP contribution is 1.98. The summed E-state index contributed by atoms with van der Waals surface area (Å²) in [5.74, 6) is -0.730. The molecule has 0 fully saturated rings. The summed E-state index contributed by atoms with van der Waals surface area (Å²) in [5, 5.41) is 0. The Morgan fingerprint density at radius 1 is 1.47 bits per heavy atom. The van der Waals surface area contributed by atoms with Crippen molar-refractivity contribution in [2.24, 2.45) is 11.7 Å². The second kappa shape index (κ2) is 7.23. The summed E-state index contributed by atoms with van der Waals surface area (Å²) in [6.07, 6.45) is 0.343. The summed E-state index contributed by atoms with van der Waals surface area (Å²) in [4.78, 5) is 23.7. The van der Waals surface area contributed by atoms with E-state index in [-0.39, 0.29) is 17.8 Å². The number of carbonyl (C=O) groups is 2. The second-order valence-electron chi connectivity index (χ2n) is 3.62. The molecule has 0 aromatic carbocycles. The maximum Gasteiger partial charge on any atom is 0.307 e. The van der Waals surface area contributed by atoms with Crippen molar-refractivity contribution in [1.82, 2.24) is 4.90 Å². The predicted octanol–water partition coefficient (Wildman–Crippen LogP) is -0.00720. The fraction of sp³-hybridized carbons (Fsp3) is 0.800. The van der Waals surface area contributed by atoms with Gasteiger partial charge in [0.15, 0.2) is 0 Å². The van der Waals surface area contributed by atoms with Crippen molar-refractivity contribution in [1.29, 1.82) is 0 Å². The first-order valence-corrected chi connectivity index (χ1v) is 5.10. The predicted molar refractivity (Wildman–Crippen MR) is 57.1 cm³/mol. The van der Waals surface area contributed by atoms with E-state index in [2.05, 4.69) is 0 Å². The van der Waals surface area contributed by atoms with Gasteiger partial charge in [-0.2, -0.15) is 0 Å². The zero-order chi connectivity index (χ0) is 11.8. The molecule has 0 aliphatic carbocycles. The molecule has 5 nitrogen and oxygen atoms in total. The van der Waals surface area contributed by atoms with Crippen molar-refractivity contribution in [2.75, 3.05) is 26.7 Å². The van der Waals surface area contributed by atoms with Crippen LogP contribution < -0.4 is 5.73 Å². The molecule has 2 N–H and O–H groups in total. The van der Waals surface area contributed by atoms with E-state index in [1.807, 2.05) is 11.9 Å². The number of rotatable bonds is 7. The Labute approximate surface area is 90.6 Å². The van der Waals surface area contributed by atoms with Gasteiger partial charge in [0.05, 0.1) is 13.0 Å². The summed E-state index contributed by atoms with van der Waals surface area (Å²) in [6, 6.07) is 0. The van der Waals surface area contributed by atoms with Crippen LogP contribution in [0.3, 0.4) is 0 Å². The van der Waals surface area contributed by atoms with Gasteiger partial charge in [0, 0.05) is 19.0 Å². The van der Waals surface area contributed by atoms with Crippen LogP contribution in [0.2, 0.25) is 0 Å². The highest BCUT2D eigenvalue weighted by molar-refractivity contribution is 5.76. The fourth-order valence-corrected chi connectivity index (χ4v) is 1.16. The first-order valence-electron chi connectivity index (χ1n) is 5.10. The van der Waals surface area contributed by atoms with Gasteiger partial charge in [0.25, 0.3) is 0 Å². The van der Waals surface area contributed by atoms with Gasteiger partial charge in [-0.1, -0.05) is 6.92 Å². The van der Waals surface area contributed by atoms with Crippen LogP contribution in [0, 0.1) is 5.92 Å². The maximum absolute atomic E-state index is 11.0. The van der Waals surface area contributed by atoms with Crippen LogP contribution in [0.1, 0.15) is 20.3 Å². The van der Waals surface area contributed by atoms with E-state index < -0.39 is 0 Å². The molecular formula is C10H20N2O3. The van der Waals surface area contributed by atoms with Crippen molar-refractivity contribution < 1.29 is 14.3 Å². The molecule has 0 aromatic rings. The lowest BCUT2D eigenvalue weighted by atomic mass is 10.1. The SMILES string of the molecule is CCOC(=O)CCN(C)CC(C)C(N)=O. The van der Waals surface area contributed by atoms with Gasteiger partial charge in [-0.05, 0) is 14.0 Å². The van der Waals surface area contributed by atoms with Crippen LogP contribution in [0.15, 0.2) is 0 Å². The molecule has 0 spiro atoms. The van der Waals surface area contributed by atoms with Crippen molar-refractivity contribution >= 4 is 11.9 Å². The molecule has 0 radical (unpaired) electrons. The molecule has 0 heterocycles. The number of esters is 1. The lowest BCUT2D eigenvalue weighted by Gasteiger charge is -2.18. The number of carbonyl (C=O) groups excluding carboxylic acids is 2. The molecule has 15 heavy (non-hydrogen) atoms. The Balaban J connectivity index is 3.70. The third-order valence-electron chi connectivity index (χ3n) is 2.07. The quantitative estimate of drug-likeness (QED) is 0.608. The summed E-state index contributed by atoms with van der Waals surface area (Å²) < 4.78 is 4.79. The Bertz CT molecular complexity index is 219. The molecule has 88 valence electrons. The number of hydrogen-bond acceptors (Lipinski definition) is 4. The largest absolute Gasteiger partial charge is 0.466 e. The molecule has 1 unspecified atom stereocenters. The number of hydrogen-bond donors (Lipinski definition) is 1. The summed E-state index contributed by atoms with van der Waals surface area (Å²) in [5.41, 5.74) is 5.13. The van der Waals surface area contributed by atoms with Gasteiger partial charge in [-0.25, -0.2) is 0 Å². The molecule has 0 saturated carbocycles. The molecule has 0 aromatic heterocycles. The van der Waals surface area contributed by atoms with Crippen molar-refractivity contribution in [3.8, 4) is 0 Å². The normalized spacial score (nSPS) is 12.5. The molecule has 0 rings (SSSR count).